The number of amides is 1. The van der Waals surface area contributed by atoms with Gasteiger partial charge >= 0.3 is 0 Å². The highest BCUT2D eigenvalue weighted by molar-refractivity contribution is 9.10. The second-order valence-corrected chi connectivity index (χ2v) is 6.57. The Kier molecular flexibility index (Phi) is 6.42. The minimum Gasteiger partial charge on any atom is -0.368 e. The van der Waals surface area contributed by atoms with Crippen molar-refractivity contribution in [2.24, 2.45) is 5.73 Å². The normalized spacial score (nSPS) is 17.6. The van der Waals surface area contributed by atoms with Crippen molar-refractivity contribution in [1.82, 2.24) is 9.97 Å². The third-order valence-electron chi connectivity index (χ3n) is 4.00. The summed E-state index contributed by atoms with van der Waals surface area (Å²) >= 11 is 3.56. The number of carbonyl (C=O) groups is 1. The van der Waals surface area contributed by atoms with Gasteiger partial charge in [0.05, 0.1) is 34.3 Å². The molecule has 2 aromatic rings. The fourth-order valence-corrected chi connectivity index (χ4v) is 3.53. The largest absolute Gasteiger partial charge is 0.368 e. The smallest absolute Gasteiger partial charge is 0.227 e. The number of carbonyl (C=O) groups excluding carboxylic acids is 1. The van der Waals surface area contributed by atoms with E-state index >= 15 is 0 Å². The van der Waals surface area contributed by atoms with Crippen LogP contribution in [-0.4, -0.2) is 41.7 Å². The molecule has 24 heavy (non-hydrogen) atoms. The first-order chi connectivity index (χ1) is 11.1. The number of hydrogen-bond acceptors (Lipinski definition) is 4. The number of nitrogens with two attached hydrogens (primary N) is 1. The fourth-order valence-electron chi connectivity index (χ4n) is 2.98. The van der Waals surface area contributed by atoms with Crippen LogP contribution in [0.2, 0.25) is 0 Å². The summed E-state index contributed by atoms with van der Waals surface area (Å²) in [5.41, 5.74) is 8.35. The van der Waals surface area contributed by atoms with Gasteiger partial charge in [-0.3, -0.25) is 9.18 Å². The molecule has 1 aliphatic rings. The number of nitrogens with one attached hydrogen (secondary N) is 2. The Morgan fingerprint density at radius 2 is 2.38 bits per heavy atom. The Morgan fingerprint density at radius 3 is 3.08 bits per heavy atom. The predicted molar refractivity (Wildman–Crippen MR) is 99.7 cm³/mol. The third-order valence-corrected chi connectivity index (χ3v) is 4.58. The van der Waals surface area contributed by atoms with E-state index in [1.807, 2.05) is 0 Å². The molecule has 1 atom stereocenters. The van der Waals surface area contributed by atoms with E-state index in [4.69, 9.17) is 5.73 Å². The summed E-state index contributed by atoms with van der Waals surface area (Å²) in [6, 6.07) is 0.127. The quantitative estimate of drug-likeness (QED) is 0.710. The number of alkyl halides is 1. The first-order valence-corrected chi connectivity index (χ1v) is 8.41. The van der Waals surface area contributed by atoms with Crippen LogP contribution in [0.5, 0.6) is 0 Å². The zero-order valence-corrected chi connectivity index (χ0v) is 15.4. The number of hydrogen-bond donors (Lipinski definition) is 3. The van der Waals surface area contributed by atoms with E-state index in [1.54, 1.807) is 12.4 Å². The van der Waals surface area contributed by atoms with Gasteiger partial charge in [-0.15, -0.1) is 12.4 Å². The van der Waals surface area contributed by atoms with Crippen molar-refractivity contribution in [2.45, 2.75) is 25.3 Å². The lowest BCUT2D eigenvalue weighted by atomic mass is 10.1. The summed E-state index contributed by atoms with van der Waals surface area (Å²) in [7, 11) is 0. The molecule has 1 fully saturated rings. The van der Waals surface area contributed by atoms with Gasteiger partial charge in [-0.25, -0.2) is 4.98 Å². The molecular formula is C15H20BrClFN5O. The van der Waals surface area contributed by atoms with Crippen molar-refractivity contribution in [1.29, 1.82) is 0 Å². The lowest BCUT2D eigenvalue weighted by molar-refractivity contribution is -0.116. The summed E-state index contributed by atoms with van der Waals surface area (Å²) in [4.78, 5) is 21.4. The molecule has 0 unspecified atom stereocenters. The predicted octanol–water partition coefficient (Wildman–Crippen LogP) is 2.97. The van der Waals surface area contributed by atoms with Gasteiger partial charge in [0.25, 0.3) is 0 Å². The number of H-pyrrole nitrogens is 1. The van der Waals surface area contributed by atoms with Crippen molar-refractivity contribution in [2.75, 3.05) is 30.0 Å². The molecule has 0 radical (unpaired) electrons. The molecule has 0 aromatic carbocycles. The van der Waals surface area contributed by atoms with Crippen LogP contribution >= 0.6 is 28.3 Å². The standard InChI is InChI=1S/C15H19BrFN5O.ClH/c16-10-6-19-15-13(11(7-20-15)21-12(23)3-4-17)14(10)22-5-1-2-9(18)8-22;/h6-7,9H,1-5,8,18H2,(H,19,20)(H,21,23);1H/t9-;/m1./s1. The number of aromatic nitrogens is 2. The molecule has 2 aromatic heterocycles. The molecule has 0 spiro atoms. The fraction of sp³-hybridized carbons (Fsp3) is 0.467. The number of nitrogens with zero attached hydrogens (tertiary/aromatic N) is 2. The molecule has 6 nitrogen and oxygen atoms in total. The molecule has 0 bridgehead atoms. The van der Waals surface area contributed by atoms with Crippen molar-refractivity contribution in [3.8, 4) is 0 Å². The number of rotatable bonds is 4. The van der Waals surface area contributed by atoms with E-state index in [0.717, 1.165) is 41.5 Å². The average molecular weight is 421 g/mol. The van der Waals surface area contributed by atoms with Crippen LogP contribution in [0.25, 0.3) is 11.0 Å². The summed E-state index contributed by atoms with van der Waals surface area (Å²) < 4.78 is 13.2. The third kappa shape index (κ3) is 3.81. The summed E-state index contributed by atoms with van der Waals surface area (Å²) in [6.45, 7) is 0.971. The van der Waals surface area contributed by atoms with E-state index in [9.17, 15) is 9.18 Å². The molecule has 1 aliphatic heterocycles. The van der Waals surface area contributed by atoms with Crippen molar-refractivity contribution < 1.29 is 9.18 Å². The Hall–Kier alpha value is -1.38. The SMILES string of the molecule is Cl.N[C@@H]1CCCN(c2c(Br)cnc3[nH]cc(NC(=O)CCF)c23)C1. The average Bonchev–Trinajstić information content (AvgIpc) is 2.90. The molecule has 3 heterocycles. The monoisotopic (exact) mass is 419 g/mol. The lowest BCUT2D eigenvalue weighted by Gasteiger charge is -2.33. The van der Waals surface area contributed by atoms with Crippen molar-refractivity contribution in [3.05, 3.63) is 16.9 Å². The van der Waals surface area contributed by atoms with Gasteiger partial charge in [0.15, 0.2) is 0 Å². The first kappa shape index (κ1) is 19.0. The molecular weight excluding hydrogens is 401 g/mol. The zero-order valence-electron chi connectivity index (χ0n) is 13.0. The van der Waals surface area contributed by atoms with Gasteiger partial charge < -0.3 is 20.9 Å². The van der Waals surface area contributed by atoms with E-state index in [0.29, 0.717) is 11.3 Å². The van der Waals surface area contributed by atoms with Crippen molar-refractivity contribution in [3.63, 3.8) is 0 Å². The van der Waals surface area contributed by atoms with Crippen LogP contribution in [0.4, 0.5) is 15.8 Å². The van der Waals surface area contributed by atoms with Gasteiger partial charge in [0.1, 0.15) is 5.65 Å². The topological polar surface area (TPSA) is 87.0 Å². The Bertz CT molecular complexity index is 725. The molecule has 3 rings (SSSR count). The molecule has 132 valence electrons. The lowest BCUT2D eigenvalue weighted by Crippen LogP contribution is -2.43. The van der Waals surface area contributed by atoms with E-state index in [-0.39, 0.29) is 30.8 Å². The summed E-state index contributed by atoms with van der Waals surface area (Å²) in [5, 5.41) is 3.57. The summed E-state index contributed by atoms with van der Waals surface area (Å²) in [5.74, 6) is -0.352. The molecule has 1 saturated heterocycles. The molecule has 9 heteroatoms. The van der Waals surface area contributed by atoms with Gasteiger partial charge in [-0.1, -0.05) is 0 Å². The van der Waals surface area contributed by atoms with Crippen LogP contribution in [0, 0.1) is 0 Å². The van der Waals surface area contributed by atoms with Crippen LogP contribution in [0.3, 0.4) is 0 Å². The maximum absolute atomic E-state index is 12.4. The Balaban J connectivity index is 0.00000208. The van der Waals surface area contributed by atoms with Crippen molar-refractivity contribution >= 4 is 56.7 Å². The number of fused-ring (bicyclic) bond motifs is 1. The number of halogens is 3. The van der Waals surface area contributed by atoms with Crippen LogP contribution in [-0.2, 0) is 4.79 Å². The zero-order chi connectivity index (χ0) is 16.4. The minimum absolute atomic E-state index is 0. The molecule has 0 saturated carbocycles. The number of aromatic amines is 1. The second-order valence-electron chi connectivity index (χ2n) is 5.72. The highest BCUT2D eigenvalue weighted by Gasteiger charge is 2.23. The van der Waals surface area contributed by atoms with Crippen LogP contribution in [0.15, 0.2) is 16.9 Å². The maximum Gasteiger partial charge on any atom is 0.227 e. The van der Waals surface area contributed by atoms with E-state index < -0.39 is 6.67 Å². The summed E-state index contributed by atoms with van der Waals surface area (Å²) in [6.07, 6.45) is 5.30. The Labute approximate surface area is 153 Å². The van der Waals surface area contributed by atoms with Gasteiger partial charge in [0, 0.05) is 31.5 Å². The molecule has 0 aliphatic carbocycles. The van der Waals surface area contributed by atoms with Crippen LogP contribution < -0.4 is 16.0 Å². The number of piperidine rings is 1. The Morgan fingerprint density at radius 1 is 1.58 bits per heavy atom. The molecule has 1 amide bonds. The van der Waals surface area contributed by atoms with E-state index in [2.05, 4.69) is 36.1 Å². The van der Waals surface area contributed by atoms with E-state index in [1.165, 1.54) is 0 Å². The second kappa shape index (κ2) is 8.13. The number of pyridine rings is 1. The highest BCUT2D eigenvalue weighted by atomic mass is 79.9. The first-order valence-electron chi connectivity index (χ1n) is 7.62. The highest BCUT2D eigenvalue weighted by Crippen LogP contribution is 2.38. The van der Waals surface area contributed by atoms with Gasteiger partial charge in [-0.05, 0) is 28.8 Å². The van der Waals surface area contributed by atoms with Crippen LogP contribution in [0.1, 0.15) is 19.3 Å². The van der Waals surface area contributed by atoms with Gasteiger partial charge in [0.2, 0.25) is 5.91 Å². The maximum atomic E-state index is 12.4. The molecule has 4 N–H and O–H groups in total. The minimum atomic E-state index is -0.677. The number of anilines is 2. The van der Waals surface area contributed by atoms with Gasteiger partial charge in [-0.2, -0.15) is 0 Å².